The highest BCUT2D eigenvalue weighted by atomic mass is 16.5. The summed E-state index contributed by atoms with van der Waals surface area (Å²) in [6, 6.07) is 0. The van der Waals surface area contributed by atoms with Crippen LogP contribution < -0.4 is 5.32 Å². The number of carbonyl (C=O) groups is 3. The number of ether oxygens (including phenoxy) is 3. The average molecular weight is 366 g/mol. The highest BCUT2D eigenvalue weighted by Gasteiger charge is 2.25. The number of hydrogen-bond acceptors (Lipinski definition) is 6. The van der Waals surface area contributed by atoms with E-state index in [9.17, 15) is 14.4 Å². The quantitative estimate of drug-likeness (QED) is 0.711. The van der Waals surface area contributed by atoms with Crippen LogP contribution in [0.25, 0.3) is 0 Å². The van der Waals surface area contributed by atoms with Gasteiger partial charge in [0.15, 0.2) is 6.61 Å². The van der Waals surface area contributed by atoms with Gasteiger partial charge in [0.25, 0.3) is 5.91 Å². The first-order chi connectivity index (χ1) is 12.3. The van der Waals surface area contributed by atoms with Crippen LogP contribution in [-0.4, -0.2) is 54.8 Å². The first kappa shape index (κ1) is 20.0. The van der Waals surface area contributed by atoms with Crippen molar-refractivity contribution in [1.82, 2.24) is 10.3 Å². The monoisotopic (exact) mass is 366 g/mol. The molecule has 26 heavy (non-hydrogen) atoms. The number of hydrogen-bond donors (Lipinski definition) is 2. The second-order valence-electron chi connectivity index (χ2n) is 6.59. The minimum absolute atomic E-state index is 0.0254. The number of amides is 1. The highest BCUT2D eigenvalue weighted by Crippen LogP contribution is 2.20. The largest absolute Gasteiger partial charge is 0.459 e. The minimum Gasteiger partial charge on any atom is -0.459 e. The van der Waals surface area contributed by atoms with E-state index < -0.39 is 24.5 Å². The van der Waals surface area contributed by atoms with Gasteiger partial charge in [-0.1, -0.05) is 0 Å². The maximum absolute atomic E-state index is 12.2. The zero-order valence-electron chi connectivity index (χ0n) is 15.6. The molecule has 1 aromatic heterocycles. The lowest BCUT2D eigenvalue weighted by Gasteiger charge is -2.11. The first-order valence-corrected chi connectivity index (χ1v) is 8.75. The summed E-state index contributed by atoms with van der Waals surface area (Å²) in [6.45, 7) is 7.53. The van der Waals surface area contributed by atoms with Crippen LogP contribution in [-0.2, 0) is 19.0 Å². The number of aryl methyl sites for hydroxylation is 1. The Morgan fingerprint density at radius 2 is 2.00 bits per heavy atom. The molecule has 1 fully saturated rings. The summed E-state index contributed by atoms with van der Waals surface area (Å²) in [5.74, 6) is -1.59. The Morgan fingerprint density at radius 1 is 1.27 bits per heavy atom. The van der Waals surface area contributed by atoms with E-state index in [0.717, 1.165) is 12.8 Å². The SMILES string of the molecule is Cc1[nH]c(C(=O)OCC(=O)NC[C@@H]2CCCO2)c(C)c1C(=O)OC(C)C. The molecule has 8 nitrogen and oxygen atoms in total. The molecule has 2 heterocycles. The van der Waals surface area contributed by atoms with E-state index in [1.807, 2.05) is 0 Å². The smallest absolute Gasteiger partial charge is 0.355 e. The van der Waals surface area contributed by atoms with Gasteiger partial charge in [0, 0.05) is 18.8 Å². The number of H-pyrrole nitrogens is 1. The molecular weight excluding hydrogens is 340 g/mol. The van der Waals surface area contributed by atoms with Crippen molar-refractivity contribution in [3.63, 3.8) is 0 Å². The van der Waals surface area contributed by atoms with Gasteiger partial charge < -0.3 is 24.5 Å². The van der Waals surface area contributed by atoms with Gasteiger partial charge in [-0.3, -0.25) is 4.79 Å². The van der Waals surface area contributed by atoms with Gasteiger partial charge in [0.05, 0.1) is 17.8 Å². The van der Waals surface area contributed by atoms with Crippen LogP contribution in [0.4, 0.5) is 0 Å². The maximum Gasteiger partial charge on any atom is 0.355 e. The molecular formula is C18H26N2O6. The molecule has 0 aliphatic carbocycles. The Balaban J connectivity index is 1.90. The van der Waals surface area contributed by atoms with E-state index >= 15 is 0 Å². The Kier molecular flexibility index (Phi) is 6.79. The number of nitrogens with one attached hydrogen (secondary N) is 2. The standard InChI is InChI=1S/C18H26N2O6/c1-10(2)26-17(22)15-11(3)16(20-12(15)4)18(23)25-9-14(21)19-8-13-6-5-7-24-13/h10,13,20H,5-9H2,1-4H3,(H,19,21)/t13-/m0/s1. The summed E-state index contributed by atoms with van der Waals surface area (Å²) in [5.41, 5.74) is 1.42. The fourth-order valence-electron chi connectivity index (χ4n) is 2.82. The topological polar surface area (TPSA) is 107 Å². The van der Waals surface area contributed by atoms with Crippen molar-refractivity contribution in [3.8, 4) is 0 Å². The molecule has 144 valence electrons. The Morgan fingerprint density at radius 3 is 2.62 bits per heavy atom. The van der Waals surface area contributed by atoms with Gasteiger partial charge in [-0.15, -0.1) is 0 Å². The van der Waals surface area contributed by atoms with Crippen LogP contribution in [0.3, 0.4) is 0 Å². The van der Waals surface area contributed by atoms with E-state index in [0.29, 0.717) is 30.0 Å². The third-order valence-electron chi connectivity index (χ3n) is 4.07. The lowest BCUT2D eigenvalue weighted by molar-refractivity contribution is -0.124. The lowest BCUT2D eigenvalue weighted by Crippen LogP contribution is -2.34. The molecule has 1 aliphatic rings. The van der Waals surface area contributed by atoms with Gasteiger partial charge in [-0.05, 0) is 46.1 Å². The molecule has 1 saturated heterocycles. The molecule has 0 aromatic carbocycles. The molecule has 1 aromatic rings. The van der Waals surface area contributed by atoms with Crippen LogP contribution >= 0.6 is 0 Å². The van der Waals surface area contributed by atoms with Crippen LogP contribution in [0.2, 0.25) is 0 Å². The Hall–Kier alpha value is -2.35. The lowest BCUT2D eigenvalue weighted by atomic mass is 10.1. The van der Waals surface area contributed by atoms with Crippen molar-refractivity contribution in [2.75, 3.05) is 19.8 Å². The van der Waals surface area contributed by atoms with Crippen LogP contribution in [0.15, 0.2) is 0 Å². The fraction of sp³-hybridized carbons (Fsp3) is 0.611. The van der Waals surface area contributed by atoms with Crippen molar-refractivity contribution in [2.24, 2.45) is 0 Å². The van der Waals surface area contributed by atoms with Crippen molar-refractivity contribution in [3.05, 3.63) is 22.5 Å². The fourth-order valence-corrected chi connectivity index (χ4v) is 2.82. The van der Waals surface area contributed by atoms with E-state index in [-0.39, 0.29) is 17.9 Å². The molecule has 1 amide bonds. The predicted molar refractivity (Wildman–Crippen MR) is 93.1 cm³/mol. The summed E-state index contributed by atoms with van der Waals surface area (Å²) < 4.78 is 15.6. The van der Waals surface area contributed by atoms with Crippen molar-refractivity contribution in [2.45, 2.75) is 52.7 Å². The molecule has 0 saturated carbocycles. The van der Waals surface area contributed by atoms with Gasteiger partial charge in [-0.2, -0.15) is 0 Å². The molecule has 0 spiro atoms. The third kappa shape index (κ3) is 5.08. The molecule has 1 aliphatic heterocycles. The van der Waals surface area contributed by atoms with E-state index in [2.05, 4.69) is 10.3 Å². The van der Waals surface area contributed by atoms with Crippen LogP contribution in [0, 0.1) is 13.8 Å². The number of esters is 2. The summed E-state index contributed by atoms with van der Waals surface area (Å²) in [7, 11) is 0. The van der Waals surface area contributed by atoms with Crippen molar-refractivity contribution >= 4 is 17.8 Å². The third-order valence-corrected chi connectivity index (χ3v) is 4.07. The number of aromatic amines is 1. The molecule has 0 radical (unpaired) electrons. The van der Waals surface area contributed by atoms with Crippen LogP contribution in [0.5, 0.6) is 0 Å². The van der Waals surface area contributed by atoms with E-state index in [1.54, 1.807) is 27.7 Å². The number of rotatable bonds is 7. The van der Waals surface area contributed by atoms with Crippen LogP contribution in [0.1, 0.15) is 58.8 Å². The molecule has 8 heteroatoms. The minimum atomic E-state index is -0.693. The van der Waals surface area contributed by atoms with Crippen molar-refractivity contribution in [1.29, 1.82) is 0 Å². The molecule has 0 unspecified atom stereocenters. The van der Waals surface area contributed by atoms with Gasteiger partial charge in [-0.25, -0.2) is 9.59 Å². The van der Waals surface area contributed by atoms with Crippen molar-refractivity contribution < 1.29 is 28.6 Å². The number of aromatic nitrogens is 1. The second kappa shape index (κ2) is 8.84. The molecule has 1 atom stereocenters. The summed E-state index contributed by atoms with van der Waals surface area (Å²) in [6.07, 6.45) is 1.66. The Bertz CT molecular complexity index is 673. The average Bonchev–Trinajstić information content (AvgIpc) is 3.17. The molecule has 2 rings (SSSR count). The van der Waals surface area contributed by atoms with Gasteiger partial charge in [0.2, 0.25) is 0 Å². The molecule has 2 N–H and O–H groups in total. The van der Waals surface area contributed by atoms with E-state index in [1.165, 1.54) is 0 Å². The molecule has 0 bridgehead atoms. The number of carbonyl (C=O) groups excluding carboxylic acids is 3. The maximum atomic E-state index is 12.2. The zero-order chi connectivity index (χ0) is 19.3. The Labute approximate surface area is 152 Å². The zero-order valence-corrected chi connectivity index (χ0v) is 15.6. The summed E-state index contributed by atoms with van der Waals surface area (Å²) in [5, 5.41) is 2.68. The summed E-state index contributed by atoms with van der Waals surface area (Å²) in [4.78, 5) is 39.0. The first-order valence-electron chi connectivity index (χ1n) is 8.75. The predicted octanol–water partition coefficient (Wildman–Crippen LogP) is 1.65. The highest BCUT2D eigenvalue weighted by molar-refractivity contribution is 5.99. The van der Waals surface area contributed by atoms with Gasteiger partial charge >= 0.3 is 11.9 Å². The van der Waals surface area contributed by atoms with Gasteiger partial charge in [0.1, 0.15) is 5.69 Å². The normalized spacial score (nSPS) is 16.6. The van der Waals surface area contributed by atoms with E-state index in [4.69, 9.17) is 14.2 Å². The summed E-state index contributed by atoms with van der Waals surface area (Å²) >= 11 is 0. The second-order valence-corrected chi connectivity index (χ2v) is 6.59.